The van der Waals surface area contributed by atoms with Crippen LogP contribution in [0.4, 0.5) is 0 Å². The molecule has 1 aromatic carbocycles. The van der Waals surface area contributed by atoms with E-state index in [1.807, 2.05) is 18.2 Å². The number of hydrogen-bond donors (Lipinski definition) is 2. The Morgan fingerprint density at radius 2 is 1.83 bits per heavy atom. The van der Waals surface area contributed by atoms with Crippen LogP contribution in [-0.4, -0.2) is 56.4 Å². The number of nitrogens with zero attached hydrogens (tertiary/aromatic N) is 1. The molecule has 0 spiro atoms. The number of benzene rings is 1. The van der Waals surface area contributed by atoms with Gasteiger partial charge < -0.3 is 29.3 Å². The molecule has 154 valence electrons. The van der Waals surface area contributed by atoms with Gasteiger partial charge in [-0.1, -0.05) is 6.07 Å². The summed E-state index contributed by atoms with van der Waals surface area (Å²) in [7, 11) is 0. The van der Waals surface area contributed by atoms with Gasteiger partial charge in [-0.15, -0.1) is 0 Å². The molecular weight excluding hydrogens is 378 g/mol. The van der Waals surface area contributed by atoms with Crippen LogP contribution in [0.5, 0.6) is 11.5 Å². The molecule has 29 heavy (non-hydrogen) atoms. The van der Waals surface area contributed by atoms with Gasteiger partial charge in [0.15, 0.2) is 11.5 Å². The highest BCUT2D eigenvalue weighted by molar-refractivity contribution is 6.35. The first kappa shape index (κ1) is 19.3. The maximum atomic E-state index is 12.3. The Kier molecular flexibility index (Phi) is 5.97. The summed E-state index contributed by atoms with van der Waals surface area (Å²) in [5, 5.41) is 5.29. The van der Waals surface area contributed by atoms with Crippen molar-refractivity contribution in [2.75, 3.05) is 39.6 Å². The number of nitrogens with one attached hydrogen (secondary N) is 2. The summed E-state index contributed by atoms with van der Waals surface area (Å²) in [5.41, 5.74) is 0.979. The predicted octanol–water partition coefficient (Wildman–Crippen LogP) is 0.814. The van der Waals surface area contributed by atoms with Crippen LogP contribution in [0, 0.1) is 0 Å². The molecule has 1 atom stereocenters. The Bertz CT molecular complexity index is 848. The van der Waals surface area contributed by atoms with E-state index in [1.54, 1.807) is 12.1 Å². The number of amides is 2. The summed E-state index contributed by atoms with van der Waals surface area (Å²) in [6.45, 7) is 3.37. The van der Waals surface area contributed by atoms with Crippen molar-refractivity contribution >= 4 is 11.8 Å². The normalized spacial score (nSPS) is 17.0. The van der Waals surface area contributed by atoms with Gasteiger partial charge in [-0.25, -0.2) is 0 Å². The average Bonchev–Trinajstić information content (AvgIpc) is 3.44. The largest absolute Gasteiger partial charge is 0.467 e. The lowest BCUT2D eigenvalue weighted by Gasteiger charge is -2.34. The molecule has 1 aromatic heterocycles. The molecular formula is C20H23N3O6. The average molecular weight is 401 g/mol. The standard InChI is InChI=1S/C20H23N3O6/c24-19(21-11-15-2-1-7-27-15)20(25)22-12-16(23-5-8-26-9-6-23)14-3-4-17-18(10-14)29-13-28-17/h1-4,7,10,16H,5-6,8-9,11-13H2,(H,21,24)(H,22,25)/t16-/m0/s1. The summed E-state index contributed by atoms with van der Waals surface area (Å²) in [5.74, 6) is 0.583. The summed E-state index contributed by atoms with van der Waals surface area (Å²) in [6.07, 6.45) is 1.51. The first-order valence-corrected chi connectivity index (χ1v) is 9.50. The molecule has 0 radical (unpaired) electrons. The Balaban J connectivity index is 1.40. The van der Waals surface area contributed by atoms with Gasteiger partial charge in [-0.2, -0.15) is 0 Å². The van der Waals surface area contributed by atoms with Gasteiger partial charge in [0.05, 0.1) is 32.1 Å². The lowest BCUT2D eigenvalue weighted by Crippen LogP contribution is -2.46. The summed E-state index contributed by atoms with van der Waals surface area (Å²) >= 11 is 0. The number of hydrogen-bond acceptors (Lipinski definition) is 7. The van der Waals surface area contributed by atoms with E-state index in [0.717, 1.165) is 18.7 Å². The van der Waals surface area contributed by atoms with Crippen molar-refractivity contribution in [3.8, 4) is 11.5 Å². The zero-order valence-electron chi connectivity index (χ0n) is 15.9. The third kappa shape index (κ3) is 4.69. The third-order valence-electron chi connectivity index (χ3n) is 4.93. The quantitative estimate of drug-likeness (QED) is 0.691. The Morgan fingerprint density at radius 3 is 2.62 bits per heavy atom. The minimum Gasteiger partial charge on any atom is -0.467 e. The first-order chi connectivity index (χ1) is 14.2. The molecule has 0 bridgehead atoms. The van der Waals surface area contributed by atoms with Crippen LogP contribution in [0.1, 0.15) is 17.4 Å². The van der Waals surface area contributed by atoms with E-state index in [4.69, 9.17) is 18.6 Å². The third-order valence-corrected chi connectivity index (χ3v) is 4.93. The molecule has 2 aliphatic rings. The Morgan fingerprint density at radius 1 is 1.03 bits per heavy atom. The molecule has 0 saturated carbocycles. The second-order valence-electron chi connectivity index (χ2n) is 6.75. The van der Waals surface area contributed by atoms with Crippen molar-refractivity contribution in [3.63, 3.8) is 0 Å². The minimum absolute atomic E-state index is 0.116. The van der Waals surface area contributed by atoms with Crippen LogP contribution >= 0.6 is 0 Å². The van der Waals surface area contributed by atoms with Crippen LogP contribution < -0.4 is 20.1 Å². The second-order valence-corrected chi connectivity index (χ2v) is 6.75. The van der Waals surface area contributed by atoms with Gasteiger partial charge in [-0.3, -0.25) is 14.5 Å². The number of fused-ring (bicyclic) bond motifs is 1. The van der Waals surface area contributed by atoms with Crippen molar-refractivity contribution in [2.45, 2.75) is 12.6 Å². The highest BCUT2D eigenvalue weighted by atomic mass is 16.7. The topological polar surface area (TPSA) is 102 Å². The maximum Gasteiger partial charge on any atom is 0.309 e. The molecule has 3 heterocycles. The second kappa shape index (κ2) is 8.97. The molecule has 9 heteroatoms. The number of carbonyl (C=O) groups is 2. The highest BCUT2D eigenvalue weighted by Gasteiger charge is 2.26. The van der Waals surface area contributed by atoms with E-state index in [0.29, 0.717) is 30.5 Å². The fraction of sp³-hybridized carbons (Fsp3) is 0.400. The van der Waals surface area contributed by atoms with Crippen LogP contribution in [0.25, 0.3) is 0 Å². The fourth-order valence-corrected chi connectivity index (χ4v) is 3.40. The van der Waals surface area contributed by atoms with Crippen molar-refractivity contribution in [3.05, 3.63) is 47.9 Å². The van der Waals surface area contributed by atoms with Crippen molar-refractivity contribution in [2.24, 2.45) is 0 Å². The summed E-state index contributed by atoms with van der Waals surface area (Å²) in [6, 6.07) is 9.08. The Labute approximate surface area is 167 Å². The predicted molar refractivity (Wildman–Crippen MR) is 101 cm³/mol. The molecule has 0 aliphatic carbocycles. The number of rotatable bonds is 6. The van der Waals surface area contributed by atoms with Crippen LogP contribution in [0.3, 0.4) is 0 Å². The van der Waals surface area contributed by atoms with Gasteiger partial charge in [0, 0.05) is 19.6 Å². The molecule has 2 aromatic rings. The van der Waals surface area contributed by atoms with E-state index in [2.05, 4.69) is 15.5 Å². The molecule has 2 aliphatic heterocycles. The van der Waals surface area contributed by atoms with Crippen LogP contribution in [0.2, 0.25) is 0 Å². The SMILES string of the molecule is O=C(NCc1ccco1)C(=O)NC[C@@H](c1ccc2c(c1)OCO2)N1CCOCC1. The fourth-order valence-electron chi connectivity index (χ4n) is 3.40. The lowest BCUT2D eigenvalue weighted by molar-refractivity contribution is -0.139. The van der Waals surface area contributed by atoms with E-state index in [1.165, 1.54) is 6.26 Å². The molecule has 1 saturated heterocycles. The number of carbonyl (C=O) groups excluding carboxylic acids is 2. The van der Waals surface area contributed by atoms with Crippen LogP contribution in [0.15, 0.2) is 41.0 Å². The number of morpholine rings is 1. The zero-order valence-corrected chi connectivity index (χ0v) is 15.9. The monoisotopic (exact) mass is 401 g/mol. The van der Waals surface area contributed by atoms with Gasteiger partial charge in [0.1, 0.15) is 5.76 Å². The number of ether oxygens (including phenoxy) is 3. The zero-order chi connectivity index (χ0) is 20.1. The van der Waals surface area contributed by atoms with Gasteiger partial charge in [-0.05, 0) is 29.8 Å². The van der Waals surface area contributed by atoms with Gasteiger partial charge >= 0.3 is 11.8 Å². The molecule has 1 fully saturated rings. The first-order valence-electron chi connectivity index (χ1n) is 9.50. The van der Waals surface area contributed by atoms with Gasteiger partial charge in [0.2, 0.25) is 6.79 Å². The molecule has 4 rings (SSSR count). The van der Waals surface area contributed by atoms with E-state index >= 15 is 0 Å². The number of furan rings is 1. The lowest BCUT2D eigenvalue weighted by atomic mass is 10.0. The van der Waals surface area contributed by atoms with E-state index < -0.39 is 11.8 Å². The molecule has 2 amide bonds. The van der Waals surface area contributed by atoms with Crippen molar-refractivity contribution in [1.29, 1.82) is 0 Å². The van der Waals surface area contributed by atoms with E-state index in [-0.39, 0.29) is 25.9 Å². The van der Waals surface area contributed by atoms with E-state index in [9.17, 15) is 9.59 Å². The van der Waals surface area contributed by atoms with Crippen molar-refractivity contribution < 1.29 is 28.2 Å². The summed E-state index contributed by atoms with van der Waals surface area (Å²) < 4.78 is 21.5. The molecule has 9 nitrogen and oxygen atoms in total. The highest BCUT2D eigenvalue weighted by Crippen LogP contribution is 2.35. The minimum atomic E-state index is -0.701. The smallest absolute Gasteiger partial charge is 0.309 e. The summed E-state index contributed by atoms with van der Waals surface area (Å²) in [4.78, 5) is 26.6. The van der Waals surface area contributed by atoms with Crippen LogP contribution in [-0.2, 0) is 20.9 Å². The molecule has 2 N–H and O–H groups in total. The maximum absolute atomic E-state index is 12.3. The van der Waals surface area contributed by atoms with Gasteiger partial charge in [0.25, 0.3) is 0 Å². The van der Waals surface area contributed by atoms with Crippen molar-refractivity contribution in [1.82, 2.24) is 15.5 Å². The molecule has 0 unspecified atom stereocenters. The Hall–Kier alpha value is -3.04.